The number of carbonyl (C=O) groups is 1. The molecule has 0 spiro atoms. The first-order chi connectivity index (χ1) is 5.22. The first kappa shape index (κ1) is 8.72. The van der Waals surface area contributed by atoms with Crippen LogP contribution in [0.4, 0.5) is 0 Å². The minimum absolute atomic E-state index is 0.190. The van der Waals surface area contributed by atoms with Gasteiger partial charge in [0.15, 0.2) is 0 Å². The van der Waals surface area contributed by atoms with Crippen LogP contribution in [-0.2, 0) is 9.53 Å². The lowest BCUT2D eigenvalue weighted by atomic mass is 9.87. The normalized spacial score (nSPS) is 28.0. The molecule has 0 aromatic heterocycles. The van der Waals surface area contributed by atoms with Crippen LogP contribution in [0.1, 0.15) is 26.7 Å². The summed E-state index contributed by atoms with van der Waals surface area (Å²) in [4.78, 5) is 11.0. The largest absolute Gasteiger partial charge is 0.381 e. The Bertz CT molecular complexity index is 136. The van der Waals surface area contributed by atoms with Crippen molar-refractivity contribution in [2.75, 3.05) is 13.2 Å². The highest BCUT2D eigenvalue weighted by atomic mass is 16.5. The smallest absolute Gasteiger partial charge is 0.132 e. The van der Waals surface area contributed by atoms with E-state index in [0.717, 1.165) is 26.1 Å². The van der Waals surface area contributed by atoms with Gasteiger partial charge in [0.05, 0.1) is 6.61 Å². The fourth-order valence-corrected chi connectivity index (χ4v) is 1.49. The maximum Gasteiger partial charge on any atom is 0.132 e. The average molecular weight is 156 g/mol. The quantitative estimate of drug-likeness (QED) is 0.607. The van der Waals surface area contributed by atoms with Gasteiger partial charge < -0.3 is 4.74 Å². The van der Waals surface area contributed by atoms with Crippen LogP contribution in [0.2, 0.25) is 0 Å². The standard InChI is InChI=1S/C9H16O2/c1-7(8(2)10)9-4-3-5-11-6-9/h7,9H,3-6H2,1-2H3. The fraction of sp³-hybridized carbons (Fsp3) is 0.889. The Morgan fingerprint density at radius 2 is 2.36 bits per heavy atom. The summed E-state index contributed by atoms with van der Waals surface area (Å²) >= 11 is 0. The highest BCUT2D eigenvalue weighted by Crippen LogP contribution is 2.22. The molecular weight excluding hydrogens is 140 g/mol. The van der Waals surface area contributed by atoms with Gasteiger partial charge >= 0.3 is 0 Å². The van der Waals surface area contributed by atoms with Crippen molar-refractivity contribution < 1.29 is 9.53 Å². The molecule has 0 aromatic rings. The third kappa shape index (κ3) is 2.29. The van der Waals surface area contributed by atoms with Gasteiger partial charge in [0.2, 0.25) is 0 Å². The van der Waals surface area contributed by atoms with Crippen molar-refractivity contribution in [3.8, 4) is 0 Å². The molecule has 0 aliphatic carbocycles. The van der Waals surface area contributed by atoms with Crippen LogP contribution in [0.25, 0.3) is 0 Å². The number of hydrogen-bond acceptors (Lipinski definition) is 2. The maximum atomic E-state index is 11.0. The van der Waals surface area contributed by atoms with Gasteiger partial charge in [0.1, 0.15) is 5.78 Å². The van der Waals surface area contributed by atoms with E-state index in [0.29, 0.717) is 11.7 Å². The summed E-state index contributed by atoms with van der Waals surface area (Å²) < 4.78 is 5.30. The topological polar surface area (TPSA) is 26.3 Å². The van der Waals surface area contributed by atoms with Gasteiger partial charge in [-0.2, -0.15) is 0 Å². The van der Waals surface area contributed by atoms with E-state index >= 15 is 0 Å². The van der Waals surface area contributed by atoms with Crippen LogP contribution in [0.3, 0.4) is 0 Å². The van der Waals surface area contributed by atoms with Crippen LogP contribution in [0.5, 0.6) is 0 Å². The van der Waals surface area contributed by atoms with E-state index in [1.807, 2.05) is 6.92 Å². The van der Waals surface area contributed by atoms with Crippen molar-refractivity contribution in [1.82, 2.24) is 0 Å². The lowest BCUT2D eigenvalue weighted by Gasteiger charge is -2.25. The molecule has 2 atom stereocenters. The number of Topliss-reactive ketones (excluding diaryl/α,β-unsaturated/α-hetero) is 1. The number of hydrogen-bond donors (Lipinski definition) is 0. The molecule has 0 saturated carbocycles. The fourth-order valence-electron chi connectivity index (χ4n) is 1.49. The van der Waals surface area contributed by atoms with Crippen LogP contribution in [0.15, 0.2) is 0 Å². The zero-order chi connectivity index (χ0) is 8.27. The van der Waals surface area contributed by atoms with Crippen molar-refractivity contribution in [2.24, 2.45) is 11.8 Å². The van der Waals surface area contributed by atoms with Gasteiger partial charge in [-0.3, -0.25) is 4.79 Å². The van der Waals surface area contributed by atoms with Gasteiger partial charge in [-0.05, 0) is 25.7 Å². The summed E-state index contributed by atoms with van der Waals surface area (Å²) in [5.74, 6) is 0.956. The molecule has 1 rings (SSSR count). The van der Waals surface area contributed by atoms with Gasteiger partial charge in [-0.15, -0.1) is 0 Å². The van der Waals surface area contributed by atoms with Gasteiger partial charge in [-0.1, -0.05) is 6.92 Å². The highest BCUT2D eigenvalue weighted by molar-refractivity contribution is 5.78. The van der Waals surface area contributed by atoms with E-state index in [-0.39, 0.29) is 5.92 Å². The summed E-state index contributed by atoms with van der Waals surface area (Å²) in [6.07, 6.45) is 2.27. The second-order valence-corrected chi connectivity index (χ2v) is 3.38. The molecule has 0 bridgehead atoms. The molecular formula is C9H16O2. The molecule has 1 heterocycles. The molecule has 0 aromatic carbocycles. The van der Waals surface area contributed by atoms with Crippen molar-refractivity contribution in [1.29, 1.82) is 0 Å². The van der Waals surface area contributed by atoms with Crippen molar-refractivity contribution in [3.05, 3.63) is 0 Å². The van der Waals surface area contributed by atoms with E-state index in [1.54, 1.807) is 6.92 Å². The second-order valence-electron chi connectivity index (χ2n) is 3.38. The summed E-state index contributed by atoms with van der Waals surface area (Å²) in [6, 6.07) is 0. The molecule has 1 aliphatic heterocycles. The Kier molecular flexibility index (Phi) is 3.06. The zero-order valence-electron chi connectivity index (χ0n) is 7.30. The summed E-state index contributed by atoms with van der Waals surface area (Å²) in [6.45, 7) is 5.32. The molecule has 1 aliphatic rings. The van der Waals surface area contributed by atoms with Crippen LogP contribution < -0.4 is 0 Å². The van der Waals surface area contributed by atoms with Crippen molar-refractivity contribution in [2.45, 2.75) is 26.7 Å². The molecule has 0 radical (unpaired) electrons. The minimum atomic E-state index is 0.190. The molecule has 1 saturated heterocycles. The Morgan fingerprint density at radius 1 is 1.64 bits per heavy atom. The van der Waals surface area contributed by atoms with Gasteiger partial charge in [0.25, 0.3) is 0 Å². The van der Waals surface area contributed by atoms with E-state index in [4.69, 9.17) is 4.74 Å². The van der Waals surface area contributed by atoms with Gasteiger partial charge in [0, 0.05) is 12.5 Å². The Hall–Kier alpha value is -0.370. The first-order valence-corrected chi connectivity index (χ1v) is 4.30. The molecule has 1 fully saturated rings. The molecule has 0 amide bonds. The Morgan fingerprint density at radius 3 is 2.82 bits per heavy atom. The molecule has 2 unspecified atom stereocenters. The average Bonchev–Trinajstić information content (AvgIpc) is 2.05. The monoisotopic (exact) mass is 156 g/mol. The first-order valence-electron chi connectivity index (χ1n) is 4.30. The lowest BCUT2D eigenvalue weighted by molar-refractivity contribution is -0.123. The third-order valence-corrected chi connectivity index (χ3v) is 2.54. The molecule has 11 heavy (non-hydrogen) atoms. The van der Waals surface area contributed by atoms with Crippen LogP contribution in [0, 0.1) is 11.8 Å². The van der Waals surface area contributed by atoms with Crippen molar-refractivity contribution in [3.63, 3.8) is 0 Å². The second kappa shape index (κ2) is 3.86. The lowest BCUT2D eigenvalue weighted by Crippen LogP contribution is -2.27. The molecule has 64 valence electrons. The predicted molar refractivity (Wildman–Crippen MR) is 43.4 cm³/mol. The summed E-state index contributed by atoms with van der Waals surface area (Å²) in [5, 5.41) is 0. The predicted octanol–water partition coefficient (Wildman–Crippen LogP) is 1.64. The number of carbonyl (C=O) groups excluding carboxylic acids is 1. The van der Waals surface area contributed by atoms with Crippen LogP contribution >= 0.6 is 0 Å². The highest BCUT2D eigenvalue weighted by Gasteiger charge is 2.23. The SMILES string of the molecule is CC(=O)C(C)C1CCCOC1. The number of rotatable bonds is 2. The summed E-state index contributed by atoms with van der Waals surface area (Å²) in [5.41, 5.74) is 0. The van der Waals surface area contributed by atoms with E-state index < -0.39 is 0 Å². The Labute approximate surface area is 67.9 Å². The molecule has 2 heteroatoms. The van der Waals surface area contributed by atoms with Gasteiger partial charge in [-0.25, -0.2) is 0 Å². The van der Waals surface area contributed by atoms with Crippen molar-refractivity contribution >= 4 is 5.78 Å². The van der Waals surface area contributed by atoms with E-state index in [1.165, 1.54) is 0 Å². The Balaban J connectivity index is 2.38. The van der Waals surface area contributed by atoms with Crippen LogP contribution in [-0.4, -0.2) is 19.0 Å². The maximum absolute atomic E-state index is 11.0. The molecule has 0 N–H and O–H groups in total. The summed E-state index contributed by atoms with van der Waals surface area (Å²) in [7, 11) is 0. The minimum Gasteiger partial charge on any atom is -0.381 e. The molecule has 2 nitrogen and oxygen atoms in total. The van der Waals surface area contributed by atoms with E-state index in [2.05, 4.69) is 0 Å². The third-order valence-electron chi connectivity index (χ3n) is 2.54. The van der Waals surface area contributed by atoms with E-state index in [9.17, 15) is 4.79 Å². The number of ether oxygens (including phenoxy) is 1. The number of ketones is 1. The zero-order valence-corrected chi connectivity index (χ0v) is 7.30.